The Hall–Kier alpha value is -1.63. The van der Waals surface area contributed by atoms with Crippen LogP contribution in [0.15, 0.2) is 30.6 Å². The van der Waals surface area contributed by atoms with Crippen molar-refractivity contribution in [2.45, 2.75) is 31.4 Å². The molecule has 2 aromatic rings. The molecule has 2 N–H and O–H groups in total. The van der Waals surface area contributed by atoms with Crippen molar-refractivity contribution in [3.8, 4) is 5.75 Å². The van der Waals surface area contributed by atoms with Crippen molar-refractivity contribution < 1.29 is 9.84 Å². The first kappa shape index (κ1) is 16.2. The molecule has 1 aromatic heterocycles. The van der Waals surface area contributed by atoms with Crippen LogP contribution in [0.5, 0.6) is 5.75 Å². The summed E-state index contributed by atoms with van der Waals surface area (Å²) in [5.41, 5.74) is 0. The van der Waals surface area contributed by atoms with Gasteiger partial charge >= 0.3 is 0 Å². The number of hydrogen-bond donors (Lipinski definition) is 2. The quantitative estimate of drug-likeness (QED) is 0.847. The molecule has 1 saturated heterocycles. The topological polar surface area (TPSA) is 74.3 Å². The Labute approximate surface area is 140 Å². The summed E-state index contributed by atoms with van der Waals surface area (Å²) < 4.78 is 5.62. The van der Waals surface area contributed by atoms with Crippen LogP contribution in [0.1, 0.15) is 31.1 Å². The van der Waals surface area contributed by atoms with Gasteiger partial charge in [0.1, 0.15) is 30.6 Å². The van der Waals surface area contributed by atoms with E-state index >= 15 is 0 Å². The Morgan fingerprint density at radius 2 is 2.17 bits per heavy atom. The molecule has 0 radical (unpaired) electrons. The predicted molar refractivity (Wildman–Crippen MR) is 87.5 cm³/mol. The van der Waals surface area contributed by atoms with Crippen molar-refractivity contribution in [2.75, 3.05) is 19.7 Å². The highest BCUT2D eigenvalue weighted by Gasteiger charge is 2.27. The van der Waals surface area contributed by atoms with Crippen LogP contribution in [0.4, 0.5) is 0 Å². The van der Waals surface area contributed by atoms with Crippen molar-refractivity contribution in [2.24, 2.45) is 0 Å². The Morgan fingerprint density at radius 3 is 2.91 bits per heavy atom. The largest absolute Gasteiger partial charge is 0.491 e. The van der Waals surface area contributed by atoms with Crippen molar-refractivity contribution >= 4 is 11.6 Å². The maximum Gasteiger partial charge on any atom is 0.141 e. The molecule has 3 rings (SSSR count). The van der Waals surface area contributed by atoms with Gasteiger partial charge in [-0.1, -0.05) is 18.0 Å². The lowest BCUT2D eigenvalue weighted by molar-refractivity contribution is 0.0373. The van der Waals surface area contributed by atoms with Gasteiger partial charge in [0.15, 0.2) is 0 Å². The summed E-state index contributed by atoms with van der Waals surface area (Å²) >= 11 is 5.84. The maximum atomic E-state index is 10.3. The van der Waals surface area contributed by atoms with Crippen molar-refractivity contribution in [3.05, 3.63) is 41.4 Å². The fourth-order valence-electron chi connectivity index (χ4n) is 2.94. The Morgan fingerprint density at radius 1 is 1.35 bits per heavy atom. The molecule has 2 heterocycles. The maximum absolute atomic E-state index is 10.3. The molecule has 0 spiro atoms. The van der Waals surface area contributed by atoms with Crippen LogP contribution in [0.2, 0.25) is 5.02 Å². The van der Waals surface area contributed by atoms with Crippen molar-refractivity contribution in [1.82, 2.24) is 20.1 Å². The number of aliphatic hydroxyl groups excluding tert-OH is 1. The average Bonchev–Trinajstić information content (AvgIpc) is 3.09. The summed E-state index contributed by atoms with van der Waals surface area (Å²) in [5, 5.41) is 17.8. The fraction of sp³-hybridized carbons (Fsp3) is 0.500. The van der Waals surface area contributed by atoms with E-state index in [0.29, 0.717) is 17.3 Å². The van der Waals surface area contributed by atoms with Gasteiger partial charge in [0.2, 0.25) is 0 Å². The van der Waals surface area contributed by atoms with E-state index in [2.05, 4.69) is 20.1 Å². The number of nitrogens with one attached hydrogen (secondary N) is 1. The molecular formula is C16H21ClN4O2. The van der Waals surface area contributed by atoms with Gasteiger partial charge in [-0.25, -0.2) is 4.98 Å². The zero-order valence-electron chi connectivity index (χ0n) is 12.9. The summed E-state index contributed by atoms with van der Waals surface area (Å²) in [7, 11) is 0. The van der Waals surface area contributed by atoms with Crippen LogP contribution in [0.3, 0.4) is 0 Å². The van der Waals surface area contributed by atoms with Crippen LogP contribution in [0.25, 0.3) is 0 Å². The van der Waals surface area contributed by atoms with Gasteiger partial charge in [0, 0.05) is 11.6 Å². The second kappa shape index (κ2) is 7.77. The molecule has 0 saturated carbocycles. The third-order valence-electron chi connectivity index (χ3n) is 4.06. The molecule has 23 heavy (non-hydrogen) atoms. The molecule has 0 bridgehead atoms. The lowest BCUT2D eigenvalue weighted by Crippen LogP contribution is -2.41. The summed E-state index contributed by atoms with van der Waals surface area (Å²) in [6.45, 7) is 1.75. The number of aliphatic hydroxyl groups is 1. The van der Waals surface area contributed by atoms with E-state index in [-0.39, 0.29) is 12.6 Å². The molecule has 1 aliphatic rings. The van der Waals surface area contributed by atoms with E-state index in [1.54, 1.807) is 24.3 Å². The van der Waals surface area contributed by atoms with Gasteiger partial charge in [-0.3, -0.25) is 10.00 Å². The monoisotopic (exact) mass is 336 g/mol. The standard InChI is InChI=1S/C16H21ClN4O2/c17-12-4-6-14(7-5-12)23-10-13(22)9-21-8-2-1-3-15(21)16-18-11-19-20-16/h4-7,11,13,15,22H,1-3,8-10H2,(H,18,19,20). The van der Waals surface area contributed by atoms with E-state index in [0.717, 1.165) is 25.2 Å². The number of aromatic amines is 1. The second-order valence-corrected chi connectivity index (χ2v) is 6.23. The first-order valence-electron chi connectivity index (χ1n) is 7.88. The van der Waals surface area contributed by atoms with E-state index in [4.69, 9.17) is 16.3 Å². The molecule has 7 heteroatoms. The highest BCUT2D eigenvalue weighted by atomic mass is 35.5. The fourth-order valence-corrected chi connectivity index (χ4v) is 3.07. The summed E-state index contributed by atoms with van der Waals surface area (Å²) in [4.78, 5) is 6.52. The number of likely N-dealkylation sites (tertiary alicyclic amines) is 1. The Kier molecular flexibility index (Phi) is 5.48. The highest BCUT2D eigenvalue weighted by molar-refractivity contribution is 6.30. The minimum absolute atomic E-state index is 0.191. The van der Waals surface area contributed by atoms with Gasteiger partial charge in [-0.2, -0.15) is 5.10 Å². The van der Waals surface area contributed by atoms with E-state index in [1.807, 2.05) is 0 Å². The number of aromatic nitrogens is 3. The minimum atomic E-state index is -0.561. The minimum Gasteiger partial charge on any atom is -0.491 e. The van der Waals surface area contributed by atoms with E-state index in [9.17, 15) is 5.11 Å². The number of rotatable bonds is 6. The molecule has 1 aliphatic heterocycles. The number of β-amino-alcohol motifs (C(OH)–C–C–N with tert-alkyl or cyclic N) is 1. The summed E-state index contributed by atoms with van der Waals surface area (Å²) in [5.74, 6) is 1.58. The first-order chi connectivity index (χ1) is 11.2. The van der Waals surface area contributed by atoms with Gasteiger partial charge in [-0.05, 0) is 43.7 Å². The number of H-pyrrole nitrogens is 1. The SMILES string of the molecule is OC(COc1ccc(Cl)cc1)CN1CCCCC1c1ncn[nH]1. The van der Waals surface area contributed by atoms with Gasteiger partial charge in [0.05, 0.1) is 6.04 Å². The number of piperidine rings is 1. The van der Waals surface area contributed by atoms with Crippen molar-refractivity contribution in [3.63, 3.8) is 0 Å². The molecule has 2 atom stereocenters. The molecule has 2 unspecified atom stereocenters. The van der Waals surface area contributed by atoms with Crippen LogP contribution >= 0.6 is 11.6 Å². The number of benzene rings is 1. The van der Waals surface area contributed by atoms with Crippen LogP contribution in [-0.4, -0.2) is 51.0 Å². The predicted octanol–water partition coefficient (Wildman–Crippen LogP) is 2.42. The molecule has 1 fully saturated rings. The highest BCUT2D eigenvalue weighted by Crippen LogP contribution is 2.28. The summed E-state index contributed by atoms with van der Waals surface area (Å²) in [6.07, 6.45) is 4.30. The number of hydrogen-bond acceptors (Lipinski definition) is 5. The smallest absolute Gasteiger partial charge is 0.141 e. The molecule has 1 aromatic carbocycles. The molecular weight excluding hydrogens is 316 g/mol. The lowest BCUT2D eigenvalue weighted by atomic mass is 10.0. The average molecular weight is 337 g/mol. The first-order valence-corrected chi connectivity index (χ1v) is 8.26. The van der Waals surface area contributed by atoms with E-state index in [1.165, 1.54) is 12.7 Å². The van der Waals surface area contributed by atoms with Crippen LogP contribution < -0.4 is 4.74 Å². The zero-order chi connectivity index (χ0) is 16.1. The van der Waals surface area contributed by atoms with Crippen LogP contribution in [0, 0.1) is 0 Å². The molecule has 124 valence electrons. The molecule has 0 amide bonds. The van der Waals surface area contributed by atoms with Crippen molar-refractivity contribution in [1.29, 1.82) is 0 Å². The normalized spacial score (nSPS) is 20.3. The zero-order valence-corrected chi connectivity index (χ0v) is 13.6. The van der Waals surface area contributed by atoms with E-state index < -0.39 is 6.10 Å². The number of nitrogens with zero attached hydrogens (tertiary/aromatic N) is 3. The lowest BCUT2D eigenvalue weighted by Gasteiger charge is -2.35. The second-order valence-electron chi connectivity index (χ2n) is 5.80. The van der Waals surface area contributed by atoms with Gasteiger partial charge in [-0.15, -0.1) is 0 Å². The van der Waals surface area contributed by atoms with Gasteiger partial charge < -0.3 is 9.84 Å². The van der Waals surface area contributed by atoms with Gasteiger partial charge in [0.25, 0.3) is 0 Å². The third kappa shape index (κ3) is 4.43. The molecule has 6 nitrogen and oxygen atoms in total. The Balaban J connectivity index is 1.53. The summed E-state index contributed by atoms with van der Waals surface area (Å²) in [6, 6.07) is 7.33. The van der Waals surface area contributed by atoms with Crippen LogP contribution in [-0.2, 0) is 0 Å². The number of ether oxygens (including phenoxy) is 1. The third-order valence-corrected chi connectivity index (χ3v) is 4.32. The molecule has 0 aliphatic carbocycles. The number of halogens is 1. The Bertz CT molecular complexity index is 591.